The van der Waals surface area contributed by atoms with E-state index < -0.39 is 0 Å². The average molecular weight is 324 g/mol. The number of unbranched alkanes of at least 4 members (excludes halogenated alkanes) is 6. The van der Waals surface area contributed by atoms with E-state index in [0.29, 0.717) is 17.9 Å². The molecule has 1 saturated carbocycles. The van der Waals surface area contributed by atoms with Crippen LogP contribution in [0.25, 0.3) is 0 Å². The van der Waals surface area contributed by atoms with Crippen molar-refractivity contribution in [2.75, 3.05) is 0 Å². The lowest BCUT2D eigenvalue weighted by Crippen LogP contribution is -2.37. The van der Waals surface area contributed by atoms with E-state index in [1.807, 2.05) is 0 Å². The Morgan fingerprint density at radius 1 is 0.870 bits per heavy atom. The topological polar surface area (TPSA) is 29.1 Å². The Hall–Kier alpha value is -0.530. The molecule has 0 atom stereocenters. The molecule has 0 bridgehead atoms. The first-order valence-corrected chi connectivity index (χ1v) is 10.6. The average Bonchev–Trinajstić information content (AvgIpc) is 2.56. The quantitative estimate of drug-likeness (QED) is 0.391. The van der Waals surface area contributed by atoms with Crippen LogP contribution in [-0.2, 0) is 4.79 Å². The SMILES string of the molecule is CCCCCCC(CCCCCC)CC(=O)NC1CCCCC1. The van der Waals surface area contributed by atoms with Crippen LogP contribution in [0.3, 0.4) is 0 Å². The first-order valence-electron chi connectivity index (χ1n) is 10.6. The monoisotopic (exact) mass is 323 g/mol. The molecule has 0 spiro atoms. The fourth-order valence-corrected chi connectivity index (χ4v) is 3.86. The number of hydrogen-bond donors (Lipinski definition) is 1. The van der Waals surface area contributed by atoms with Crippen LogP contribution in [0, 0.1) is 5.92 Å². The molecule has 1 aliphatic rings. The first kappa shape index (κ1) is 20.5. The predicted octanol–water partition coefficient (Wildman–Crippen LogP) is 6.38. The molecule has 0 aromatic heterocycles. The van der Waals surface area contributed by atoms with Crippen LogP contribution in [0.15, 0.2) is 0 Å². The van der Waals surface area contributed by atoms with Gasteiger partial charge in [-0.25, -0.2) is 0 Å². The van der Waals surface area contributed by atoms with Gasteiger partial charge in [0.1, 0.15) is 0 Å². The minimum atomic E-state index is 0.327. The zero-order chi connectivity index (χ0) is 16.8. The summed E-state index contributed by atoms with van der Waals surface area (Å²) in [5, 5.41) is 3.31. The Balaban J connectivity index is 2.28. The third kappa shape index (κ3) is 10.8. The van der Waals surface area contributed by atoms with E-state index in [0.717, 1.165) is 6.42 Å². The normalized spacial score (nSPS) is 16.0. The van der Waals surface area contributed by atoms with E-state index in [1.54, 1.807) is 0 Å². The lowest BCUT2D eigenvalue weighted by molar-refractivity contribution is -0.123. The second-order valence-electron chi connectivity index (χ2n) is 7.67. The van der Waals surface area contributed by atoms with Crippen molar-refractivity contribution in [3.05, 3.63) is 0 Å². The molecule has 0 heterocycles. The fourth-order valence-electron chi connectivity index (χ4n) is 3.86. The van der Waals surface area contributed by atoms with Gasteiger partial charge in [-0.3, -0.25) is 4.79 Å². The van der Waals surface area contributed by atoms with E-state index in [-0.39, 0.29) is 0 Å². The molecular formula is C21H41NO. The largest absolute Gasteiger partial charge is 0.353 e. The predicted molar refractivity (Wildman–Crippen MR) is 101 cm³/mol. The summed E-state index contributed by atoms with van der Waals surface area (Å²) < 4.78 is 0. The van der Waals surface area contributed by atoms with Crippen molar-refractivity contribution in [1.29, 1.82) is 0 Å². The molecule has 2 nitrogen and oxygen atoms in total. The summed E-state index contributed by atoms with van der Waals surface area (Å²) in [5.41, 5.74) is 0. The zero-order valence-corrected chi connectivity index (χ0v) is 15.9. The third-order valence-corrected chi connectivity index (χ3v) is 5.38. The van der Waals surface area contributed by atoms with E-state index in [4.69, 9.17) is 0 Å². The van der Waals surface area contributed by atoms with Crippen LogP contribution in [0.4, 0.5) is 0 Å². The van der Waals surface area contributed by atoms with E-state index in [1.165, 1.54) is 96.3 Å². The smallest absolute Gasteiger partial charge is 0.220 e. The Morgan fingerprint density at radius 3 is 1.96 bits per heavy atom. The van der Waals surface area contributed by atoms with E-state index >= 15 is 0 Å². The number of nitrogens with one attached hydrogen (secondary N) is 1. The van der Waals surface area contributed by atoms with Crippen LogP contribution in [0.2, 0.25) is 0 Å². The summed E-state index contributed by atoms with van der Waals surface area (Å²) in [5.74, 6) is 0.945. The van der Waals surface area contributed by atoms with Gasteiger partial charge in [-0.1, -0.05) is 84.5 Å². The van der Waals surface area contributed by atoms with Crippen molar-refractivity contribution >= 4 is 5.91 Å². The molecule has 1 amide bonds. The maximum Gasteiger partial charge on any atom is 0.220 e. The third-order valence-electron chi connectivity index (χ3n) is 5.38. The maximum atomic E-state index is 12.4. The number of amides is 1. The molecule has 1 N–H and O–H groups in total. The van der Waals surface area contributed by atoms with E-state index in [2.05, 4.69) is 19.2 Å². The Labute approximate surface area is 145 Å². The van der Waals surface area contributed by atoms with Crippen LogP contribution in [0.1, 0.15) is 117 Å². The first-order chi connectivity index (χ1) is 11.3. The van der Waals surface area contributed by atoms with Gasteiger partial charge in [-0.2, -0.15) is 0 Å². The van der Waals surface area contributed by atoms with Crippen LogP contribution in [-0.4, -0.2) is 11.9 Å². The van der Waals surface area contributed by atoms with Gasteiger partial charge in [-0.05, 0) is 31.6 Å². The van der Waals surface area contributed by atoms with Crippen molar-refractivity contribution in [3.63, 3.8) is 0 Å². The summed E-state index contributed by atoms with van der Waals surface area (Å²) in [6, 6.07) is 0.470. The highest BCUT2D eigenvalue weighted by atomic mass is 16.1. The maximum absolute atomic E-state index is 12.4. The highest BCUT2D eigenvalue weighted by Gasteiger charge is 2.18. The molecule has 2 heteroatoms. The highest BCUT2D eigenvalue weighted by molar-refractivity contribution is 5.76. The lowest BCUT2D eigenvalue weighted by Gasteiger charge is -2.24. The Bertz CT molecular complexity index is 272. The van der Waals surface area contributed by atoms with Crippen LogP contribution < -0.4 is 5.32 Å². The highest BCUT2D eigenvalue weighted by Crippen LogP contribution is 2.23. The molecule has 0 aromatic carbocycles. The second-order valence-corrected chi connectivity index (χ2v) is 7.67. The van der Waals surface area contributed by atoms with Gasteiger partial charge in [0.05, 0.1) is 0 Å². The summed E-state index contributed by atoms with van der Waals surface area (Å²) in [4.78, 5) is 12.4. The summed E-state index contributed by atoms with van der Waals surface area (Å²) >= 11 is 0. The Morgan fingerprint density at radius 2 is 1.43 bits per heavy atom. The van der Waals surface area contributed by atoms with Crippen LogP contribution >= 0.6 is 0 Å². The molecule has 0 aliphatic heterocycles. The van der Waals surface area contributed by atoms with Gasteiger partial charge < -0.3 is 5.32 Å². The van der Waals surface area contributed by atoms with E-state index in [9.17, 15) is 4.79 Å². The number of hydrogen-bond acceptors (Lipinski definition) is 1. The second kappa shape index (κ2) is 13.9. The summed E-state index contributed by atoms with van der Waals surface area (Å²) in [7, 11) is 0. The van der Waals surface area contributed by atoms with Crippen molar-refractivity contribution in [2.24, 2.45) is 5.92 Å². The number of carbonyl (C=O) groups is 1. The molecule has 1 rings (SSSR count). The molecule has 0 radical (unpaired) electrons. The molecule has 23 heavy (non-hydrogen) atoms. The van der Waals surface area contributed by atoms with Gasteiger partial charge in [0.2, 0.25) is 5.91 Å². The van der Waals surface area contributed by atoms with Crippen molar-refractivity contribution in [1.82, 2.24) is 5.32 Å². The summed E-state index contributed by atoms with van der Waals surface area (Å²) in [6.07, 6.45) is 20.2. The molecule has 1 aliphatic carbocycles. The van der Waals surface area contributed by atoms with Gasteiger partial charge in [0.15, 0.2) is 0 Å². The number of carbonyl (C=O) groups excluding carboxylic acids is 1. The van der Waals surface area contributed by atoms with Crippen molar-refractivity contribution < 1.29 is 4.79 Å². The zero-order valence-electron chi connectivity index (χ0n) is 15.9. The van der Waals surface area contributed by atoms with Crippen molar-refractivity contribution in [2.45, 2.75) is 123 Å². The molecule has 0 saturated heterocycles. The fraction of sp³-hybridized carbons (Fsp3) is 0.952. The van der Waals surface area contributed by atoms with Gasteiger partial charge in [-0.15, -0.1) is 0 Å². The minimum absolute atomic E-state index is 0.327. The Kier molecular flexibility index (Phi) is 12.4. The van der Waals surface area contributed by atoms with Gasteiger partial charge >= 0.3 is 0 Å². The van der Waals surface area contributed by atoms with Crippen LogP contribution in [0.5, 0.6) is 0 Å². The van der Waals surface area contributed by atoms with Gasteiger partial charge in [0, 0.05) is 12.5 Å². The summed E-state index contributed by atoms with van der Waals surface area (Å²) in [6.45, 7) is 4.53. The lowest BCUT2D eigenvalue weighted by atomic mass is 9.90. The molecule has 1 fully saturated rings. The van der Waals surface area contributed by atoms with Gasteiger partial charge in [0.25, 0.3) is 0 Å². The molecular weight excluding hydrogens is 282 g/mol. The molecule has 0 unspecified atom stereocenters. The molecule has 0 aromatic rings. The molecule has 136 valence electrons. The minimum Gasteiger partial charge on any atom is -0.353 e. The standard InChI is InChI=1S/C21H41NO/c1-3-5-7-10-14-19(15-11-8-6-4-2)18-21(23)22-20-16-12-9-13-17-20/h19-20H,3-18H2,1-2H3,(H,22,23). The van der Waals surface area contributed by atoms with Crippen molar-refractivity contribution in [3.8, 4) is 0 Å². The number of rotatable bonds is 13.